The van der Waals surface area contributed by atoms with Crippen LogP contribution in [0.25, 0.3) is 0 Å². The SMILES string of the molecule is O=C(CCc1cccnc1)Cc1cc(Br)cs1. The fourth-order valence-electron chi connectivity index (χ4n) is 1.56. The number of carbonyl (C=O) groups is 1. The minimum Gasteiger partial charge on any atom is -0.299 e. The van der Waals surface area contributed by atoms with Gasteiger partial charge in [-0.3, -0.25) is 9.78 Å². The van der Waals surface area contributed by atoms with Crippen LogP contribution in [0.3, 0.4) is 0 Å². The van der Waals surface area contributed by atoms with Gasteiger partial charge in [0.2, 0.25) is 0 Å². The number of hydrogen-bond acceptors (Lipinski definition) is 3. The van der Waals surface area contributed by atoms with Gasteiger partial charge in [-0.15, -0.1) is 11.3 Å². The Morgan fingerprint density at radius 3 is 3.00 bits per heavy atom. The second-order valence-corrected chi connectivity index (χ2v) is 5.72. The number of thiophene rings is 1. The number of aromatic nitrogens is 1. The van der Waals surface area contributed by atoms with Crippen LogP contribution in [0.2, 0.25) is 0 Å². The number of nitrogens with zero attached hydrogens (tertiary/aromatic N) is 1. The molecule has 0 aliphatic carbocycles. The zero-order valence-corrected chi connectivity index (χ0v) is 11.6. The van der Waals surface area contributed by atoms with Crippen LogP contribution in [0.5, 0.6) is 0 Å². The van der Waals surface area contributed by atoms with Gasteiger partial charge in [0, 0.05) is 40.0 Å². The third kappa shape index (κ3) is 4.06. The van der Waals surface area contributed by atoms with Crippen molar-refractivity contribution >= 4 is 33.0 Å². The van der Waals surface area contributed by atoms with Gasteiger partial charge < -0.3 is 0 Å². The lowest BCUT2D eigenvalue weighted by Gasteiger charge is -1.99. The van der Waals surface area contributed by atoms with Crippen LogP contribution in [-0.4, -0.2) is 10.8 Å². The fraction of sp³-hybridized carbons (Fsp3) is 0.231. The molecule has 2 aromatic heterocycles. The highest BCUT2D eigenvalue weighted by molar-refractivity contribution is 9.10. The Hall–Kier alpha value is -1.000. The van der Waals surface area contributed by atoms with Crippen LogP contribution >= 0.6 is 27.3 Å². The average molecular weight is 310 g/mol. The summed E-state index contributed by atoms with van der Waals surface area (Å²) < 4.78 is 1.05. The van der Waals surface area contributed by atoms with E-state index < -0.39 is 0 Å². The zero-order valence-electron chi connectivity index (χ0n) is 9.23. The first kappa shape index (κ1) is 12.5. The Kier molecular flexibility index (Phi) is 4.45. The van der Waals surface area contributed by atoms with E-state index in [4.69, 9.17) is 0 Å². The van der Waals surface area contributed by atoms with Gasteiger partial charge in [0.25, 0.3) is 0 Å². The van der Waals surface area contributed by atoms with Crippen LogP contribution in [0.4, 0.5) is 0 Å². The van der Waals surface area contributed by atoms with Crippen molar-refractivity contribution in [3.8, 4) is 0 Å². The van der Waals surface area contributed by atoms with E-state index in [2.05, 4.69) is 20.9 Å². The molecule has 17 heavy (non-hydrogen) atoms. The molecule has 2 aromatic rings. The van der Waals surface area contributed by atoms with Crippen molar-refractivity contribution in [2.75, 3.05) is 0 Å². The monoisotopic (exact) mass is 309 g/mol. The maximum atomic E-state index is 11.8. The standard InChI is InChI=1S/C13H12BrNOS/c14-11-6-13(17-9-11)7-12(16)4-3-10-2-1-5-15-8-10/h1-2,5-6,8-9H,3-4,7H2. The van der Waals surface area contributed by atoms with Crippen LogP contribution < -0.4 is 0 Å². The molecule has 2 rings (SSSR count). The van der Waals surface area contributed by atoms with Crippen molar-refractivity contribution in [2.24, 2.45) is 0 Å². The minimum atomic E-state index is 0.281. The quantitative estimate of drug-likeness (QED) is 0.844. The highest BCUT2D eigenvalue weighted by Gasteiger charge is 2.06. The van der Waals surface area contributed by atoms with Gasteiger partial charge in [-0.1, -0.05) is 6.07 Å². The van der Waals surface area contributed by atoms with E-state index in [1.165, 1.54) is 0 Å². The van der Waals surface area contributed by atoms with E-state index in [1.807, 2.05) is 29.8 Å². The molecular weight excluding hydrogens is 298 g/mol. The van der Waals surface area contributed by atoms with Crippen LogP contribution in [0, 0.1) is 0 Å². The molecule has 2 heterocycles. The number of pyridine rings is 1. The highest BCUT2D eigenvalue weighted by atomic mass is 79.9. The van der Waals surface area contributed by atoms with E-state index in [0.717, 1.165) is 21.3 Å². The highest BCUT2D eigenvalue weighted by Crippen LogP contribution is 2.20. The Bertz CT molecular complexity index is 495. The molecule has 2 nitrogen and oxygen atoms in total. The summed E-state index contributed by atoms with van der Waals surface area (Å²) in [6, 6.07) is 5.91. The van der Waals surface area contributed by atoms with Crippen molar-refractivity contribution in [3.63, 3.8) is 0 Å². The number of hydrogen-bond donors (Lipinski definition) is 0. The van der Waals surface area contributed by atoms with E-state index in [0.29, 0.717) is 12.8 Å². The Morgan fingerprint density at radius 2 is 2.35 bits per heavy atom. The van der Waals surface area contributed by atoms with Gasteiger partial charge in [-0.2, -0.15) is 0 Å². The third-order valence-electron chi connectivity index (χ3n) is 2.41. The smallest absolute Gasteiger partial charge is 0.138 e. The molecule has 0 fully saturated rings. The van der Waals surface area contributed by atoms with Crippen LogP contribution in [0.15, 0.2) is 40.4 Å². The first-order valence-electron chi connectivity index (χ1n) is 5.37. The zero-order chi connectivity index (χ0) is 12.1. The summed E-state index contributed by atoms with van der Waals surface area (Å²) in [7, 11) is 0. The molecule has 0 unspecified atom stereocenters. The van der Waals surface area contributed by atoms with E-state index >= 15 is 0 Å². The average Bonchev–Trinajstić information content (AvgIpc) is 2.73. The van der Waals surface area contributed by atoms with Crippen molar-refractivity contribution < 1.29 is 4.79 Å². The lowest BCUT2D eigenvalue weighted by atomic mass is 10.1. The molecule has 0 amide bonds. The number of Topliss-reactive ketones (excluding diaryl/α,β-unsaturated/α-hetero) is 1. The predicted molar refractivity (Wildman–Crippen MR) is 73.3 cm³/mol. The summed E-state index contributed by atoms with van der Waals surface area (Å²) >= 11 is 5.01. The van der Waals surface area contributed by atoms with Gasteiger partial charge in [0.1, 0.15) is 5.78 Å². The topological polar surface area (TPSA) is 30.0 Å². The molecule has 0 spiro atoms. The summed E-state index contributed by atoms with van der Waals surface area (Å²) in [5, 5.41) is 2.00. The molecule has 0 bridgehead atoms. The molecule has 0 atom stereocenters. The van der Waals surface area contributed by atoms with Crippen molar-refractivity contribution in [3.05, 3.63) is 50.9 Å². The molecule has 0 N–H and O–H groups in total. The van der Waals surface area contributed by atoms with E-state index in [-0.39, 0.29) is 5.78 Å². The first-order valence-corrected chi connectivity index (χ1v) is 7.05. The van der Waals surface area contributed by atoms with Gasteiger partial charge in [0.05, 0.1) is 0 Å². The molecule has 88 valence electrons. The lowest BCUT2D eigenvalue weighted by Crippen LogP contribution is -2.03. The molecule has 0 saturated carbocycles. The number of aryl methyl sites for hydroxylation is 1. The predicted octanol–water partition coefficient (Wildman–Crippen LogP) is 3.65. The number of rotatable bonds is 5. The molecule has 0 aromatic carbocycles. The second kappa shape index (κ2) is 6.07. The normalized spacial score (nSPS) is 10.4. The van der Waals surface area contributed by atoms with E-state index in [9.17, 15) is 4.79 Å². The molecule has 0 radical (unpaired) electrons. The van der Waals surface area contributed by atoms with Gasteiger partial charge in [-0.25, -0.2) is 0 Å². The first-order chi connectivity index (χ1) is 8.24. The molecule has 0 saturated heterocycles. The second-order valence-electron chi connectivity index (χ2n) is 3.81. The number of ketones is 1. The Labute approximate surface area is 113 Å². The van der Waals surface area contributed by atoms with Crippen LogP contribution in [0.1, 0.15) is 16.9 Å². The molecular formula is C13H12BrNOS. The van der Waals surface area contributed by atoms with Gasteiger partial charge in [0.15, 0.2) is 0 Å². The summed E-state index contributed by atoms with van der Waals surface area (Å²) in [4.78, 5) is 16.9. The molecule has 4 heteroatoms. The summed E-state index contributed by atoms with van der Waals surface area (Å²) in [5.41, 5.74) is 1.12. The molecule has 0 aliphatic heterocycles. The van der Waals surface area contributed by atoms with Crippen molar-refractivity contribution in [2.45, 2.75) is 19.3 Å². The number of carbonyl (C=O) groups excluding carboxylic acids is 1. The fourth-order valence-corrected chi connectivity index (χ4v) is 3.04. The summed E-state index contributed by atoms with van der Waals surface area (Å²) in [6.07, 6.45) is 5.46. The van der Waals surface area contributed by atoms with Gasteiger partial charge >= 0.3 is 0 Å². The summed E-state index contributed by atoms with van der Waals surface area (Å²) in [6.45, 7) is 0. The third-order valence-corrected chi connectivity index (χ3v) is 4.11. The largest absolute Gasteiger partial charge is 0.299 e. The molecule has 0 aliphatic rings. The minimum absolute atomic E-state index is 0.281. The Balaban J connectivity index is 1.82. The maximum absolute atomic E-state index is 11.8. The lowest BCUT2D eigenvalue weighted by molar-refractivity contribution is -0.118. The van der Waals surface area contributed by atoms with Crippen molar-refractivity contribution in [1.82, 2.24) is 4.98 Å². The van der Waals surface area contributed by atoms with Crippen molar-refractivity contribution in [1.29, 1.82) is 0 Å². The van der Waals surface area contributed by atoms with Gasteiger partial charge in [-0.05, 0) is 40.0 Å². The van der Waals surface area contributed by atoms with E-state index in [1.54, 1.807) is 17.5 Å². The summed E-state index contributed by atoms with van der Waals surface area (Å²) in [5.74, 6) is 0.281. The van der Waals surface area contributed by atoms with Crippen LogP contribution in [-0.2, 0) is 17.6 Å². The maximum Gasteiger partial charge on any atom is 0.138 e. The number of halogens is 1. The Morgan fingerprint density at radius 1 is 1.47 bits per heavy atom.